The van der Waals surface area contributed by atoms with Crippen LogP contribution in [-0.2, 0) is 11.3 Å². The molecule has 0 spiro atoms. The monoisotopic (exact) mass is 348 g/mol. The van der Waals surface area contributed by atoms with Gasteiger partial charge >= 0.3 is 5.97 Å². The summed E-state index contributed by atoms with van der Waals surface area (Å²) in [7, 11) is 0. The van der Waals surface area contributed by atoms with Crippen molar-refractivity contribution >= 4 is 17.6 Å². The van der Waals surface area contributed by atoms with Crippen molar-refractivity contribution in [2.75, 3.05) is 5.32 Å². The van der Waals surface area contributed by atoms with Crippen molar-refractivity contribution in [1.29, 1.82) is 0 Å². The van der Waals surface area contributed by atoms with Gasteiger partial charge < -0.3 is 15.0 Å². The molecule has 130 valence electrons. The first-order chi connectivity index (χ1) is 12.5. The molecule has 0 fully saturated rings. The number of aliphatic carboxylic acids is 1. The molecule has 1 heterocycles. The maximum Gasteiger partial charge on any atom is 0.323 e. The smallest absolute Gasteiger partial charge is 0.323 e. The maximum atomic E-state index is 12.5. The Labute approximate surface area is 149 Å². The summed E-state index contributed by atoms with van der Waals surface area (Å²) in [5.41, 5.74) is 2.27. The number of hydrogen-bond acceptors (Lipinski definition) is 3. The predicted octanol–water partition coefficient (Wildman–Crippen LogP) is 2.85. The molecule has 1 aromatic heterocycles. The molecule has 3 rings (SSSR count). The van der Waals surface area contributed by atoms with E-state index in [2.05, 4.69) is 5.32 Å². The molecule has 0 atom stereocenters. The lowest BCUT2D eigenvalue weighted by atomic mass is 10.0. The van der Waals surface area contributed by atoms with Gasteiger partial charge in [0.1, 0.15) is 6.54 Å². The highest BCUT2D eigenvalue weighted by Gasteiger charge is 2.09. The van der Waals surface area contributed by atoms with Crippen LogP contribution in [0.2, 0.25) is 0 Å². The van der Waals surface area contributed by atoms with Gasteiger partial charge in [0.05, 0.1) is 5.69 Å². The number of nitrogens with one attached hydrogen (secondary N) is 1. The number of aromatic nitrogens is 1. The number of hydrogen-bond donors (Lipinski definition) is 2. The van der Waals surface area contributed by atoms with E-state index in [1.54, 1.807) is 18.2 Å². The zero-order valence-corrected chi connectivity index (χ0v) is 13.8. The molecule has 0 saturated carbocycles. The number of carbonyl (C=O) groups is 2. The minimum Gasteiger partial charge on any atom is -0.480 e. The molecule has 0 bridgehead atoms. The van der Waals surface area contributed by atoms with Gasteiger partial charge in [-0.1, -0.05) is 42.5 Å². The number of amides is 1. The third kappa shape index (κ3) is 4.05. The fourth-order valence-electron chi connectivity index (χ4n) is 2.55. The minimum atomic E-state index is -1.13. The van der Waals surface area contributed by atoms with E-state index in [9.17, 15) is 14.4 Å². The number of rotatable bonds is 5. The molecule has 2 N–H and O–H groups in total. The molecule has 6 nitrogen and oxygen atoms in total. The largest absolute Gasteiger partial charge is 0.480 e. The Bertz CT molecular complexity index is 1010. The summed E-state index contributed by atoms with van der Waals surface area (Å²) in [6, 6.07) is 19.5. The van der Waals surface area contributed by atoms with Crippen molar-refractivity contribution in [2.24, 2.45) is 0 Å². The standard InChI is InChI=1S/C20H16N2O4/c23-18-10-9-17(12-22(18)13-19(24)25)21-20(26)16-8-4-7-15(11-16)14-5-2-1-3-6-14/h1-12H,13H2,(H,21,26)(H,24,25). The Balaban J connectivity index is 1.83. The molecule has 0 radical (unpaired) electrons. The van der Waals surface area contributed by atoms with Crippen LogP contribution in [0.5, 0.6) is 0 Å². The van der Waals surface area contributed by atoms with E-state index in [1.807, 2.05) is 36.4 Å². The van der Waals surface area contributed by atoms with Crippen molar-refractivity contribution in [2.45, 2.75) is 6.54 Å². The van der Waals surface area contributed by atoms with Crippen LogP contribution in [0.25, 0.3) is 11.1 Å². The van der Waals surface area contributed by atoms with E-state index >= 15 is 0 Å². The number of pyridine rings is 1. The second-order valence-corrected chi connectivity index (χ2v) is 5.68. The lowest BCUT2D eigenvalue weighted by Gasteiger charge is -2.09. The van der Waals surface area contributed by atoms with Gasteiger partial charge in [0.25, 0.3) is 11.5 Å². The van der Waals surface area contributed by atoms with E-state index in [-0.39, 0.29) is 5.91 Å². The summed E-state index contributed by atoms with van der Waals surface area (Å²) in [5, 5.41) is 11.5. The van der Waals surface area contributed by atoms with Crippen molar-refractivity contribution in [3.8, 4) is 11.1 Å². The van der Waals surface area contributed by atoms with Gasteiger partial charge in [-0.3, -0.25) is 14.4 Å². The second-order valence-electron chi connectivity index (χ2n) is 5.68. The molecule has 0 aliphatic carbocycles. The van der Waals surface area contributed by atoms with E-state index in [4.69, 9.17) is 5.11 Å². The molecule has 2 aromatic carbocycles. The SMILES string of the molecule is O=C(O)Cn1cc(NC(=O)c2cccc(-c3ccccc3)c2)ccc1=O. The first-order valence-corrected chi connectivity index (χ1v) is 7.92. The number of nitrogens with zero attached hydrogens (tertiary/aromatic N) is 1. The minimum absolute atomic E-state index is 0.344. The Morgan fingerprint density at radius 1 is 0.923 bits per heavy atom. The number of benzene rings is 2. The van der Waals surface area contributed by atoms with Gasteiger partial charge in [-0.2, -0.15) is 0 Å². The van der Waals surface area contributed by atoms with E-state index in [0.29, 0.717) is 11.3 Å². The molecule has 0 aliphatic heterocycles. The van der Waals surface area contributed by atoms with Gasteiger partial charge in [0.15, 0.2) is 0 Å². The van der Waals surface area contributed by atoms with Crippen LogP contribution in [0, 0.1) is 0 Å². The van der Waals surface area contributed by atoms with Crippen molar-refractivity contribution in [3.63, 3.8) is 0 Å². The van der Waals surface area contributed by atoms with Gasteiger partial charge in [0, 0.05) is 17.8 Å². The van der Waals surface area contributed by atoms with Gasteiger partial charge in [0.2, 0.25) is 0 Å². The second kappa shape index (κ2) is 7.48. The fraction of sp³-hybridized carbons (Fsp3) is 0.0500. The third-order valence-electron chi connectivity index (χ3n) is 3.78. The predicted molar refractivity (Wildman–Crippen MR) is 98.2 cm³/mol. The normalized spacial score (nSPS) is 10.3. The van der Waals surface area contributed by atoms with Crippen LogP contribution in [0.15, 0.2) is 77.7 Å². The molecule has 0 aliphatic rings. The van der Waals surface area contributed by atoms with Crippen LogP contribution in [0.1, 0.15) is 10.4 Å². The summed E-state index contributed by atoms with van der Waals surface area (Å²) in [6.07, 6.45) is 1.31. The average Bonchev–Trinajstić information content (AvgIpc) is 2.65. The van der Waals surface area contributed by atoms with E-state index < -0.39 is 18.1 Å². The zero-order chi connectivity index (χ0) is 18.5. The molecule has 26 heavy (non-hydrogen) atoms. The van der Waals surface area contributed by atoms with Crippen LogP contribution in [0.3, 0.4) is 0 Å². The quantitative estimate of drug-likeness (QED) is 0.742. The molecule has 6 heteroatoms. The van der Waals surface area contributed by atoms with Crippen molar-refractivity contribution in [1.82, 2.24) is 4.57 Å². The van der Waals surface area contributed by atoms with Gasteiger partial charge in [-0.25, -0.2) is 0 Å². The molecule has 1 amide bonds. The first-order valence-electron chi connectivity index (χ1n) is 7.92. The fourth-order valence-corrected chi connectivity index (χ4v) is 2.55. The molecule has 3 aromatic rings. The molecular weight excluding hydrogens is 332 g/mol. The summed E-state index contributed by atoms with van der Waals surface area (Å²) in [6.45, 7) is -0.466. The summed E-state index contributed by atoms with van der Waals surface area (Å²) < 4.78 is 1.03. The summed E-state index contributed by atoms with van der Waals surface area (Å²) >= 11 is 0. The Kier molecular flexibility index (Phi) is 4.94. The van der Waals surface area contributed by atoms with Crippen molar-refractivity contribution < 1.29 is 14.7 Å². The Morgan fingerprint density at radius 2 is 1.65 bits per heavy atom. The van der Waals surface area contributed by atoms with Crippen LogP contribution >= 0.6 is 0 Å². The van der Waals surface area contributed by atoms with E-state index in [1.165, 1.54) is 18.3 Å². The number of anilines is 1. The summed E-state index contributed by atoms with van der Waals surface area (Å²) in [5.74, 6) is -1.48. The van der Waals surface area contributed by atoms with Crippen LogP contribution in [-0.4, -0.2) is 21.6 Å². The lowest BCUT2D eigenvalue weighted by molar-refractivity contribution is -0.137. The van der Waals surface area contributed by atoms with Crippen LogP contribution in [0.4, 0.5) is 5.69 Å². The average molecular weight is 348 g/mol. The Morgan fingerprint density at radius 3 is 2.38 bits per heavy atom. The highest BCUT2D eigenvalue weighted by molar-refractivity contribution is 6.04. The summed E-state index contributed by atoms with van der Waals surface area (Å²) in [4.78, 5) is 35.0. The third-order valence-corrected chi connectivity index (χ3v) is 3.78. The number of carbonyl (C=O) groups excluding carboxylic acids is 1. The highest BCUT2D eigenvalue weighted by atomic mass is 16.4. The van der Waals surface area contributed by atoms with E-state index in [0.717, 1.165) is 15.7 Å². The number of carboxylic acids is 1. The molecule has 0 saturated heterocycles. The number of carboxylic acid groups (broad SMARTS) is 1. The Hall–Kier alpha value is -3.67. The zero-order valence-electron chi connectivity index (χ0n) is 13.8. The molecule has 0 unspecified atom stereocenters. The first kappa shape index (κ1) is 17.2. The maximum absolute atomic E-state index is 12.5. The topological polar surface area (TPSA) is 88.4 Å². The van der Waals surface area contributed by atoms with Crippen molar-refractivity contribution in [3.05, 3.63) is 88.8 Å². The highest BCUT2D eigenvalue weighted by Crippen LogP contribution is 2.20. The van der Waals surface area contributed by atoms with Gasteiger partial charge in [-0.05, 0) is 29.3 Å². The lowest BCUT2D eigenvalue weighted by Crippen LogP contribution is -2.24. The van der Waals surface area contributed by atoms with Gasteiger partial charge in [-0.15, -0.1) is 0 Å². The molecular formula is C20H16N2O4. The van der Waals surface area contributed by atoms with Crippen LogP contribution < -0.4 is 10.9 Å².